The monoisotopic (exact) mass is 341 g/mol. The van der Waals surface area contributed by atoms with Crippen LogP contribution in [-0.4, -0.2) is 35.2 Å². The van der Waals surface area contributed by atoms with Gasteiger partial charge >= 0.3 is 6.03 Å². The van der Waals surface area contributed by atoms with Gasteiger partial charge in [0.2, 0.25) is 0 Å². The molecule has 2 amide bonds. The second kappa shape index (κ2) is 7.64. The Balaban J connectivity index is 1.92. The Morgan fingerprint density at radius 1 is 1.20 bits per heavy atom. The van der Waals surface area contributed by atoms with Crippen LogP contribution in [0.4, 0.5) is 4.79 Å². The molecule has 0 bridgehead atoms. The molecule has 1 aliphatic rings. The van der Waals surface area contributed by atoms with Crippen molar-refractivity contribution in [1.29, 1.82) is 0 Å². The Morgan fingerprint density at radius 3 is 2.56 bits per heavy atom. The van der Waals surface area contributed by atoms with E-state index >= 15 is 0 Å². The zero-order valence-corrected chi connectivity index (χ0v) is 15.2. The average Bonchev–Trinajstić information content (AvgIpc) is 3.14. The molecule has 0 saturated carbocycles. The Labute approximate surface area is 149 Å². The molecule has 1 aliphatic heterocycles. The fourth-order valence-corrected chi connectivity index (χ4v) is 3.49. The molecule has 2 aromatic rings. The molecule has 134 valence electrons. The summed E-state index contributed by atoms with van der Waals surface area (Å²) >= 11 is 0. The SMILES string of the molecule is CCC(CC)NC(=O)N1CCn2cccc2[C@@H]1c1ccc(OC)cc1. The number of aromatic nitrogens is 1. The summed E-state index contributed by atoms with van der Waals surface area (Å²) < 4.78 is 7.50. The van der Waals surface area contributed by atoms with E-state index in [0.29, 0.717) is 6.54 Å². The van der Waals surface area contributed by atoms with Gasteiger partial charge in [-0.1, -0.05) is 26.0 Å². The highest BCUT2D eigenvalue weighted by molar-refractivity contribution is 5.76. The molecule has 3 rings (SSSR count). The van der Waals surface area contributed by atoms with Gasteiger partial charge < -0.3 is 19.5 Å². The molecule has 5 nitrogen and oxygen atoms in total. The molecule has 0 fully saturated rings. The first-order chi connectivity index (χ1) is 12.2. The zero-order chi connectivity index (χ0) is 17.8. The number of hydrogen-bond donors (Lipinski definition) is 1. The maximum absolute atomic E-state index is 12.9. The summed E-state index contributed by atoms with van der Waals surface area (Å²) in [5.41, 5.74) is 2.25. The first kappa shape index (κ1) is 17.4. The number of rotatable bonds is 5. The lowest BCUT2D eigenvalue weighted by molar-refractivity contribution is 0.164. The fourth-order valence-electron chi connectivity index (χ4n) is 3.49. The quantitative estimate of drug-likeness (QED) is 0.899. The number of ether oxygens (including phenoxy) is 1. The van der Waals surface area contributed by atoms with Crippen molar-refractivity contribution in [3.8, 4) is 5.75 Å². The van der Waals surface area contributed by atoms with E-state index in [-0.39, 0.29) is 18.1 Å². The van der Waals surface area contributed by atoms with Crippen LogP contribution in [-0.2, 0) is 6.54 Å². The summed E-state index contributed by atoms with van der Waals surface area (Å²) in [6.45, 7) is 5.74. The third kappa shape index (κ3) is 3.50. The fraction of sp³-hybridized carbons (Fsp3) is 0.450. The minimum atomic E-state index is -0.0796. The van der Waals surface area contributed by atoms with Crippen molar-refractivity contribution < 1.29 is 9.53 Å². The van der Waals surface area contributed by atoms with Crippen molar-refractivity contribution in [2.75, 3.05) is 13.7 Å². The summed E-state index contributed by atoms with van der Waals surface area (Å²) in [6, 6.07) is 12.3. The first-order valence-corrected chi connectivity index (χ1v) is 9.04. The minimum Gasteiger partial charge on any atom is -0.497 e. The number of carbonyl (C=O) groups excluding carboxylic acids is 1. The topological polar surface area (TPSA) is 46.5 Å². The average molecular weight is 341 g/mol. The molecule has 0 radical (unpaired) electrons. The molecule has 5 heteroatoms. The van der Waals surface area contributed by atoms with Crippen molar-refractivity contribution >= 4 is 6.03 Å². The first-order valence-electron chi connectivity index (χ1n) is 9.04. The van der Waals surface area contributed by atoms with Crippen LogP contribution in [0.5, 0.6) is 5.75 Å². The lowest BCUT2D eigenvalue weighted by atomic mass is 10.00. The molecular formula is C20H27N3O2. The molecule has 1 N–H and O–H groups in total. The molecule has 0 unspecified atom stereocenters. The van der Waals surface area contributed by atoms with Crippen molar-refractivity contribution in [2.45, 2.75) is 45.3 Å². The summed E-state index contributed by atoms with van der Waals surface area (Å²) in [5, 5.41) is 3.18. The number of hydrogen-bond acceptors (Lipinski definition) is 2. The maximum Gasteiger partial charge on any atom is 0.318 e. The van der Waals surface area contributed by atoms with E-state index in [0.717, 1.165) is 36.4 Å². The zero-order valence-electron chi connectivity index (χ0n) is 15.2. The van der Waals surface area contributed by atoms with E-state index in [9.17, 15) is 4.79 Å². The Bertz CT molecular complexity index is 704. The number of methoxy groups -OCH3 is 1. The number of fused-ring (bicyclic) bond motifs is 1. The van der Waals surface area contributed by atoms with Gasteiger partial charge in [-0.3, -0.25) is 0 Å². The number of nitrogens with zero attached hydrogens (tertiary/aromatic N) is 2. The summed E-state index contributed by atoms with van der Waals surface area (Å²) in [5.74, 6) is 0.822. The van der Waals surface area contributed by atoms with Crippen LogP contribution < -0.4 is 10.1 Å². The van der Waals surface area contributed by atoms with Gasteiger partial charge in [0.25, 0.3) is 0 Å². The molecule has 0 aliphatic carbocycles. The molecule has 1 aromatic carbocycles. The van der Waals surface area contributed by atoms with Gasteiger partial charge in [-0.15, -0.1) is 0 Å². The van der Waals surface area contributed by atoms with Crippen LogP contribution in [0.2, 0.25) is 0 Å². The minimum absolute atomic E-state index is 0.0157. The molecule has 1 atom stereocenters. The maximum atomic E-state index is 12.9. The van der Waals surface area contributed by atoms with E-state index in [1.54, 1.807) is 7.11 Å². The van der Waals surface area contributed by atoms with E-state index in [4.69, 9.17) is 4.74 Å². The summed E-state index contributed by atoms with van der Waals surface area (Å²) in [6.07, 6.45) is 3.97. The Morgan fingerprint density at radius 2 is 1.92 bits per heavy atom. The molecule has 2 heterocycles. The van der Waals surface area contributed by atoms with Crippen molar-refractivity contribution in [1.82, 2.24) is 14.8 Å². The number of urea groups is 1. The van der Waals surface area contributed by atoms with Crippen LogP contribution in [0.1, 0.15) is 44.0 Å². The molecule has 0 saturated heterocycles. The molecule has 25 heavy (non-hydrogen) atoms. The van der Waals surface area contributed by atoms with Crippen molar-refractivity contribution in [3.05, 3.63) is 53.9 Å². The van der Waals surface area contributed by atoms with Crippen LogP contribution in [0.25, 0.3) is 0 Å². The van der Waals surface area contributed by atoms with Gasteiger partial charge in [0.1, 0.15) is 5.75 Å². The standard InChI is InChI=1S/C20H27N3O2/c1-4-16(5-2)21-20(24)23-14-13-22-12-6-7-18(22)19(23)15-8-10-17(25-3)11-9-15/h6-12,16,19H,4-5,13-14H2,1-3H3,(H,21,24)/t19-/m0/s1. The number of benzene rings is 1. The van der Waals surface area contributed by atoms with E-state index in [1.807, 2.05) is 35.2 Å². The largest absolute Gasteiger partial charge is 0.497 e. The molecule has 0 spiro atoms. The lowest BCUT2D eigenvalue weighted by Crippen LogP contribution is -2.49. The smallest absolute Gasteiger partial charge is 0.318 e. The Kier molecular flexibility index (Phi) is 5.31. The van der Waals surface area contributed by atoms with Crippen LogP contribution >= 0.6 is 0 Å². The van der Waals surface area contributed by atoms with Gasteiger partial charge in [0, 0.05) is 31.0 Å². The van der Waals surface area contributed by atoms with Crippen molar-refractivity contribution in [2.24, 2.45) is 0 Å². The number of carbonyl (C=O) groups is 1. The predicted molar refractivity (Wildman–Crippen MR) is 98.9 cm³/mol. The van der Waals surface area contributed by atoms with Crippen LogP contribution in [0.15, 0.2) is 42.6 Å². The highest BCUT2D eigenvalue weighted by Gasteiger charge is 2.32. The van der Waals surface area contributed by atoms with E-state index < -0.39 is 0 Å². The predicted octanol–water partition coefficient (Wildman–Crippen LogP) is 3.80. The summed E-state index contributed by atoms with van der Waals surface area (Å²) in [7, 11) is 1.66. The second-order valence-electron chi connectivity index (χ2n) is 6.46. The van der Waals surface area contributed by atoms with Gasteiger partial charge in [0.15, 0.2) is 0 Å². The molecular weight excluding hydrogens is 314 g/mol. The van der Waals surface area contributed by atoms with Gasteiger partial charge in [-0.25, -0.2) is 4.79 Å². The van der Waals surface area contributed by atoms with Gasteiger partial charge in [-0.2, -0.15) is 0 Å². The Hall–Kier alpha value is -2.43. The molecule has 1 aromatic heterocycles. The highest BCUT2D eigenvalue weighted by Crippen LogP contribution is 2.33. The summed E-state index contributed by atoms with van der Waals surface area (Å²) in [4.78, 5) is 14.9. The third-order valence-electron chi connectivity index (χ3n) is 5.04. The van der Waals surface area contributed by atoms with Crippen LogP contribution in [0.3, 0.4) is 0 Å². The number of amides is 2. The van der Waals surface area contributed by atoms with Gasteiger partial charge in [0.05, 0.1) is 13.2 Å². The third-order valence-corrected chi connectivity index (χ3v) is 5.04. The van der Waals surface area contributed by atoms with Crippen molar-refractivity contribution in [3.63, 3.8) is 0 Å². The van der Waals surface area contributed by atoms with Crippen LogP contribution in [0, 0.1) is 0 Å². The van der Waals surface area contributed by atoms with E-state index in [2.05, 4.69) is 36.0 Å². The number of nitrogens with one attached hydrogen (secondary N) is 1. The van der Waals surface area contributed by atoms with E-state index in [1.165, 1.54) is 0 Å². The highest BCUT2D eigenvalue weighted by atomic mass is 16.5. The lowest BCUT2D eigenvalue weighted by Gasteiger charge is -2.38. The van der Waals surface area contributed by atoms with Gasteiger partial charge in [-0.05, 0) is 42.7 Å². The normalized spacial score (nSPS) is 16.6. The second-order valence-corrected chi connectivity index (χ2v) is 6.46.